The second-order valence-corrected chi connectivity index (χ2v) is 7.98. The smallest absolute Gasteiger partial charge is 0.344 e. The lowest BCUT2D eigenvalue weighted by Crippen LogP contribution is -2.03. The summed E-state index contributed by atoms with van der Waals surface area (Å²) < 4.78 is 11.3. The summed E-state index contributed by atoms with van der Waals surface area (Å²) in [6.45, 7) is 0.937. The van der Waals surface area contributed by atoms with E-state index < -0.39 is 0 Å². The summed E-state index contributed by atoms with van der Waals surface area (Å²) in [6.07, 6.45) is 13.5. The molecular formula is C26H33NO4. The number of aliphatic hydroxyl groups excluding tert-OH is 1. The van der Waals surface area contributed by atoms with E-state index in [0.717, 1.165) is 36.6 Å². The first-order valence-corrected chi connectivity index (χ1v) is 11.5. The van der Waals surface area contributed by atoms with Gasteiger partial charge in [0.15, 0.2) is 0 Å². The van der Waals surface area contributed by atoms with Crippen LogP contribution < -0.4 is 10.4 Å². The Kier molecular flexibility index (Phi) is 9.58. The number of unbranched alkanes of at least 4 members (excludes halogenated alkanes) is 9. The lowest BCUT2D eigenvalue weighted by molar-refractivity contribution is 0.282. The number of hydrogen-bond acceptors (Lipinski definition) is 5. The number of fused-ring (bicyclic) bond motifs is 1. The third-order valence-electron chi connectivity index (χ3n) is 5.48. The number of ether oxygens (including phenoxy) is 1. The van der Waals surface area contributed by atoms with Crippen molar-refractivity contribution in [2.45, 2.75) is 64.2 Å². The molecule has 31 heavy (non-hydrogen) atoms. The molecule has 1 aromatic carbocycles. The number of aliphatic hydroxyl groups is 1. The third-order valence-corrected chi connectivity index (χ3v) is 5.48. The second kappa shape index (κ2) is 12.9. The zero-order chi connectivity index (χ0) is 21.7. The molecule has 5 heteroatoms. The van der Waals surface area contributed by atoms with Crippen molar-refractivity contribution in [2.75, 3.05) is 13.2 Å². The van der Waals surface area contributed by atoms with Crippen molar-refractivity contribution in [2.24, 2.45) is 0 Å². The van der Waals surface area contributed by atoms with Crippen LogP contribution in [0.2, 0.25) is 0 Å². The van der Waals surface area contributed by atoms with Gasteiger partial charge in [-0.2, -0.15) is 0 Å². The van der Waals surface area contributed by atoms with Crippen LogP contribution >= 0.6 is 0 Å². The summed E-state index contributed by atoms with van der Waals surface area (Å²) in [5.41, 5.74) is 1.51. The lowest BCUT2D eigenvalue weighted by atomic mass is 10.1. The Hall–Kier alpha value is -2.66. The van der Waals surface area contributed by atoms with Gasteiger partial charge in [0.05, 0.1) is 12.2 Å². The van der Waals surface area contributed by atoms with Gasteiger partial charge in [-0.05, 0) is 24.5 Å². The fourth-order valence-electron chi connectivity index (χ4n) is 3.70. The van der Waals surface area contributed by atoms with E-state index in [9.17, 15) is 4.79 Å². The minimum atomic E-state index is -0.357. The highest BCUT2D eigenvalue weighted by Crippen LogP contribution is 2.22. The number of rotatable bonds is 14. The Labute approximate surface area is 184 Å². The Morgan fingerprint density at radius 1 is 0.839 bits per heavy atom. The first kappa shape index (κ1) is 23.0. The average Bonchev–Trinajstić information content (AvgIpc) is 2.80. The second-order valence-electron chi connectivity index (χ2n) is 7.98. The molecule has 0 aliphatic heterocycles. The molecule has 3 aromatic rings. The number of pyridine rings is 1. The van der Waals surface area contributed by atoms with Crippen LogP contribution in [0.5, 0.6) is 5.88 Å². The van der Waals surface area contributed by atoms with E-state index in [1.54, 1.807) is 12.3 Å². The Morgan fingerprint density at radius 2 is 1.48 bits per heavy atom. The van der Waals surface area contributed by atoms with E-state index in [1.165, 1.54) is 38.5 Å². The van der Waals surface area contributed by atoms with E-state index >= 15 is 0 Å². The normalized spacial score (nSPS) is 11.1. The summed E-state index contributed by atoms with van der Waals surface area (Å²) in [4.78, 5) is 16.7. The van der Waals surface area contributed by atoms with Gasteiger partial charge in [-0.25, -0.2) is 9.78 Å². The number of nitrogens with zero attached hydrogens (tertiary/aromatic N) is 1. The summed E-state index contributed by atoms with van der Waals surface area (Å²) in [5, 5.41) is 9.54. The monoisotopic (exact) mass is 423 g/mol. The fourth-order valence-corrected chi connectivity index (χ4v) is 3.70. The van der Waals surface area contributed by atoms with Crippen LogP contribution in [0.15, 0.2) is 57.9 Å². The van der Waals surface area contributed by atoms with E-state index in [2.05, 4.69) is 4.98 Å². The summed E-state index contributed by atoms with van der Waals surface area (Å²) in [7, 11) is 0. The van der Waals surface area contributed by atoms with E-state index in [-0.39, 0.29) is 5.63 Å². The molecule has 0 aliphatic rings. The molecule has 0 radical (unpaired) electrons. The number of benzene rings is 1. The molecule has 166 valence electrons. The molecule has 3 rings (SSSR count). The topological polar surface area (TPSA) is 72.6 Å². The minimum absolute atomic E-state index is 0.320. The fraction of sp³-hybridized carbons (Fsp3) is 0.462. The van der Waals surface area contributed by atoms with Crippen molar-refractivity contribution in [3.8, 4) is 17.0 Å². The molecule has 0 saturated carbocycles. The van der Waals surface area contributed by atoms with Gasteiger partial charge in [0.2, 0.25) is 5.88 Å². The molecule has 0 atom stereocenters. The molecule has 5 nitrogen and oxygen atoms in total. The maximum atomic E-state index is 12.4. The van der Waals surface area contributed by atoms with Gasteiger partial charge in [0, 0.05) is 24.3 Å². The van der Waals surface area contributed by atoms with Crippen LogP contribution in [0.25, 0.3) is 22.1 Å². The predicted octanol–water partition coefficient (Wildman–Crippen LogP) is 6.13. The lowest BCUT2D eigenvalue weighted by Gasteiger charge is -2.07. The van der Waals surface area contributed by atoms with Crippen LogP contribution in [0.1, 0.15) is 64.2 Å². The summed E-state index contributed by atoms with van der Waals surface area (Å²) in [6, 6.07) is 13.0. The maximum absolute atomic E-state index is 12.4. The molecule has 0 aliphatic carbocycles. The molecular weight excluding hydrogens is 390 g/mol. The Balaban J connectivity index is 1.38. The average molecular weight is 424 g/mol. The van der Waals surface area contributed by atoms with Crippen molar-refractivity contribution < 1.29 is 14.3 Å². The predicted molar refractivity (Wildman–Crippen MR) is 124 cm³/mol. The highest BCUT2D eigenvalue weighted by atomic mass is 16.5. The van der Waals surface area contributed by atoms with Crippen molar-refractivity contribution in [1.82, 2.24) is 4.98 Å². The van der Waals surface area contributed by atoms with Gasteiger partial charge in [0.25, 0.3) is 0 Å². The van der Waals surface area contributed by atoms with Crippen molar-refractivity contribution >= 4 is 11.0 Å². The zero-order valence-corrected chi connectivity index (χ0v) is 18.2. The van der Waals surface area contributed by atoms with E-state index in [1.807, 2.05) is 36.4 Å². The van der Waals surface area contributed by atoms with Crippen molar-refractivity contribution in [3.05, 3.63) is 59.1 Å². The van der Waals surface area contributed by atoms with Crippen LogP contribution in [-0.4, -0.2) is 23.3 Å². The highest BCUT2D eigenvalue weighted by molar-refractivity contribution is 5.81. The maximum Gasteiger partial charge on any atom is 0.344 e. The van der Waals surface area contributed by atoms with E-state index in [4.69, 9.17) is 14.3 Å². The molecule has 0 fully saturated rings. The van der Waals surface area contributed by atoms with Gasteiger partial charge >= 0.3 is 5.63 Å². The van der Waals surface area contributed by atoms with Crippen LogP contribution in [0, 0.1) is 0 Å². The largest absolute Gasteiger partial charge is 0.478 e. The minimum Gasteiger partial charge on any atom is -0.478 e. The quantitative estimate of drug-likeness (QED) is 0.316. The van der Waals surface area contributed by atoms with Crippen LogP contribution in [-0.2, 0) is 0 Å². The van der Waals surface area contributed by atoms with Crippen LogP contribution in [0.4, 0.5) is 0 Å². The van der Waals surface area contributed by atoms with E-state index in [0.29, 0.717) is 30.2 Å². The molecule has 0 unspecified atom stereocenters. The van der Waals surface area contributed by atoms with Crippen molar-refractivity contribution in [1.29, 1.82) is 0 Å². The molecule has 0 spiro atoms. The molecule has 2 heterocycles. The van der Waals surface area contributed by atoms with Gasteiger partial charge in [0.1, 0.15) is 5.58 Å². The Bertz CT molecular complexity index is 968. The van der Waals surface area contributed by atoms with Crippen LogP contribution in [0.3, 0.4) is 0 Å². The standard InChI is InChI=1S/C26H33NO4/c28-16-12-7-5-3-1-2-4-6-8-13-17-30-25-19-24-22(20-27-25)18-23(26(29)31-24)21-14-10-9-11-15-21/h9-11,14-15,18-20,28H,1-8,12-13,16-17H2. The summed E-state index contributed by atoms with van der Waals surface area (Å²) >= 11 is 0. The third kappa shape index (κ3) is 7.51. The molecule has 1 N–H and O–H groups in total. The first-order chi connectivity index (χ1) is 15.3. The SMILES string of the molecule is O=c1oc2cc(OCCCCCCCCCCCCO)ncc2cc1-c1ccccc1. The first-order valence-electron chi connectivity index (χ1n) is 11.5. The molecule has 0 amide bonds. The van der Waals surface area contributed by atoms with Gasteiger partial charge in [-0.3, -0.25) is 0 Å². The highest BCUT2D eigenvalue weighted by Gasteiger charge is 2.09. The Morgan fingerprint density at radius 3 is 2.16 bits per heavy atom. The molecule has 0 saturated heterocycles. The van der Waals surface area contributed by atoms with Gasteiger partial charge < -0.3 is 14.3 Å². The summed E-state index contributed by atoms with van der Waals surface area (Å²) in [5.74, 6) is 0.492. The van der Waals surface area contributed by atoms with Gasteiger partial charge in [-0.15, -0.1) is 0 Å². The number of aromatic nitrogens is 1. The van der Waals surface area contributed by atoms with Crippen molar-refractivity contribution in [3.63, 3.8) is 0 Å². The van der Waals surface area contributed by atoms with Gasteiger partial charge in [-0.1, -0.05) is 81.7 Å². The number of hydrogen-bond donors (Lipinski definition) is 1. The zero-order valence-electron chi connectivity index (χ0n) is 18.2. The molecule has 2 aromatic heterocycles. The molecule has 0 bridgehead atoms.